The number of benzene rings is 1. The van der Waals surface area contributed by atoms with E-state index in [1.165, 1.54) is 35.9 Å². The normalized spacial score (nSPS) is 10.4. The topological polar surface area (TPSA) is 113 Å². The molecule has 104 valence electrons. The molecule has 0 bridgehead atoms. The lowest BCUT2D eigenvalue weighted by atomic mass is 10.2. The Labute approximate surface area is 112 Å². The molecular formula is C12H12N4O4. The van der Waals surface area contributed by atoms with Gasteiger partial charge in [0.15, 0.2) is 0 Å². The largest absolute Gasteiger partial charge is 0.385 e. The van der Waals surface area contributed by atoms with Crippen molar-refractivity contribution in [1.29, 1.82) is 0 Å². The molecule has 0 aliphatic heterocycles. The number of aromatic nitrogens is 2. The van der Waals surface area contributed by atoms with E-state index >= 15 is 0 Å². The van der Waals surface area contributed by atoms with Crippen molar-refractivity contribution < 1.29 is 4.92 Å². The van der Waals surface area contributed by atoms with E-state index in [1.807, 2.05) is 0 Å². The van der Waals surface area contributed by atoms with E-state index in [-0.39, 0.29) is 18.1 Å². The third-order valence-electron chi connectivity index (χ3n) is 2.92. The second-order valence-corrected chi connectivity index (χ2v) is 4.26. The highest BCUT2D eigenvalue weighted by atomic mass is 16.6. The number of rotatable bonds is 3. The smallest absolute Gasteiger partial charge is 0.332 e. The van der Waals surface area contributed by atoms with E-state index in [9.17, 15) is 19.7 Å². The lowest BCUT2D eigenvalue weighted by Gasteiger charge is -2.10. The molecule has 1 aromatic heterocycles. The van der Waals surface area contributed by atoms with Crippen LogP contribution < -0.4 is 17.0 Å². The summed E-state index contributed by atoms with van der Waals surface area (Å²) >= 11 is 0. The van der Waals surface area contributed by atoms with Crippen molar-refractivity contribution in [3.63, 3.8) is 0 Å². The van der Waals surface area contributed by atoms with Crippen molar-refractivity contribution >= 4 is 11.5 Å². The molecule has 0 fully saturated rings. The minimum absolute atomic E-state index is 0.0328. The zero-order valence-corrected chi connectivity index (χ0v) is 10.6. The number of non-ortho nitro benzene ring substituents is 1. The predicted molar refractivity (Wildman–Crippen MR) is 72.6 cm³/mol. The number of hydrogen-bond donors (Lipinski definition) is 1. The molecule has 0 amide bonds. The summed E-state index contributed by atoms with van der Waals surface area (Å²) in [7, 11) is 1.36. The molecule has 8 heteroatoms. The van der Waals surface area contributed by atoms with Crippen molar-refractivity contribution in [3.05, 3.63) is 66.8 Å². The third kappa shape index (κ3) is 2.44. The summed E-state index contributed by atoms with van der Waals surface area (Å²) in [5.41, 5.74) is 5.28. The summed E-state index contributed by atoms with van der Waals surface area (Å²) in [6.07, 6.45) is 0. The van der Waals surface area contributed by atoms with Gasteiger partial charge in [-0.2, -0.15) is 0 Å². The van der Waals surface area contributed by atoms with Crippen molar-refractivity contribution in [3.8, 4) is 0 Å². The Kier molecular flexibility index (Phi) is 3.38. The van der Waals surface area contributed by atoms with Gasteiger partial charge in [0.25, 0.3) is 11.2 Å². The van der Waals surface area contributed by atoms with Crippen molar-refractivity contribution in [2.24, 2.45) is 7.05 Å². The van der Waals surface area contributed by atoms with Gasteiger partial charge in [-0.05, 0) is 5.56 Å². The molecular weight excluding hydrogens is 264 g/mol. The fourth-order valence-corrected chi connectivity index (χ4v) is 1.75. The molecule has 1 aromatic carbocycles. The maximum absolute atomic E-state index is 11.9. The van der Waals surface area contributed by atoms with Gasteiger partial charge in [0.05, 0.1) is 11.5 Å². The molecule has 2 N–H and O–H groups in total. The standard InChI is InChI=1S/C12H12N4O4/c1-14-11(17)6-10(13)15(12(14)18)7-8-2-4-9(5-3-8)16(19)20/h2-6H,7,13H2,1H3. The summed E-state index contributed by atoms with van der Waals surface area (Å²) in [6.45, 7) is 0.136. The molecule has 20 heavy (non-hydrogen) atoms. The molecule has 0 saturated carbocycles. The van der Waals surface area contributed by atoms with E-state index in [1.54, 1.807) is 0 Å². The number of anilines is 1. The van der Waals surface area contributed by atoms with Gasteiger partial charge in [-0.3, -0.25) is 24.0 Å². The van der Waals surface area contributed by atoms with Gasteiger partial charge in [-0.1, -0.05) is 12.1 Å². The zero-order chi connectivity index (χ0) is 14.9. The summed E-state index contributed by atoms with van der Waals surface area (Å²) in [4.78, 5) is 33.4. The molecule has 0 atom stereocenters. The average Bonchev–Trinajstić information content (AvgIpc) is 2.42. The third-order valence-corrected chi connectivity index (χ3v) is 2.92. The van der Waals surface area contributed by atoms with E-state index in [0.717, 1.165) is 10.6 Å². The number of nitro groups is 1. The fourth-order valence-electron chi connectivity index (χ4n) is 1.75. The summed E-state index contributed by atoms with van der Waals surface area (Å²) in [5.74, 6) is 0.0523. The number of nitrogens with two attached hydrogens (primary N) is 1. The zero-order valence-electron chi connectivity index (χ0n) is 10.6. The first-order valence-corrected chi connectivity index (χ1v) is 5.70. The minimum Gasteiger partial charge on any atom is -0.385 e. The van der Waals surface area contributed by atoms with Crippen LogP contribution in [0.15, 0.2) is 39.9 Å². The quantitative estimate of drug-likeness (QED) is 0.630. The Morgan fingerprint density at radius 2 is 1.85 bits per heavy atom. The molecule has 8 nitrogen and oxygen atoms in total. The maximum Gasteiger partial charge on any atom is 0.332 e. The molecule has 0 saturated heterocycles. The van der Waals surface area contributed by atoms with Gasteiger partial charge in [0.1, 0.15) is 5.82 Å². The summed E-state index contributed by atoms with van der Waals surface area (Å²) in [6, 6.07) is 6.92. The Morgan fingerprint density at radius 3 is 2.40 bits per heavy atom. The average molecular weight is 276 g/mol. The second-order valence-electron chi connectivity index (χ2n) is 4.26. The number of nitrogens with zero attached hydrogens (tertiary/aromatic N) is 3. The van der Waals surface area contributed by atoms with Crippen LogP contribution in [-0.4, -0.2) is 14.1 Å². The van der Waals surface area contributed by atoms with Gasteiger partial charge in [0, 0.05) is 25.2 Å². The van der Waals surface area contributed by atoms with Gasteiger partial charge in [-0.25, -0.2) is 4.79 Å². The van der Waals surface area contributed by atoms with Crippen LogP contribution in [0.1, 0.15) is 5.56 Å². The van der Waals surface area contributed by atoms with Gasteiger partial charge in [0.2, 0.25) is 0 Å². The van der Waals surface area contributed by atoms with Gasteiger partial charge < -0.3 is 5.73 Å². The summed E-state index contributed by atoms with van der Waals surface area (Å²) < 4.78 is 2.17. The molecule has 0 unspecified atom stereocenters. The first-order valence-electron chi connectivity index (χ1n) is 5.70. The number of hydrogen-bond acceptors (Lipinski definition) is 5. The Bertz CT molecular complexity index is 774. The minimum atomic E-state index is -0.534. The van der Waals surface area contributed by atoms with E-state index in [4.69, 9.17) is 5.73 Å². The predicted octanol–water partition coefficient (Wildman–Crippen LogP) is 0.0857. The van der Waals surface area contributed by atoms with Gasteiger partial charge >= 0.3 is 5.69 Å². The highest BCUT2D eigenvalue weighted by molar-refractivity contribution is 5.34. The first-order chi connectivity index (χ1) is 9.40. The molecule has 0 aliphatic carbocycles. The molecule has 0 aliphatic rings. The second kappa shape index (κ2) is 5.00. The van der Waals surface area contributed by atoms with Crippen LogP contribution in [0.2, 0.25) is 0 Å². The number of nitro benzene ring substituents is 1. The van der Waals surface area contributed by atoms with E-state index in [0.29, 0.717) is 5.56 Å². The first kappa shape index (κ1) is 13.5. The fraction of sp³-hybridized carbons (Fsp3) is 0.167. The Morgan fingerprint density at radius 1 is 1.25 bits per heavy atom. The van der Waals surface area contributed by atoms with Crippen LogP contribution in [-0.2, 0) is 13.6 Å². The highest BCUT2D eigenvalue weighted by Crippen LogP contribution is 2.13. The highest BCUT2D eigenvalue weighted by Gasteiger charge is 2.09. The van der Waals surface area contributed by atoms with Crippen LogP contribution in [0.5, 0.6) is 0 Å². The Balaban J connectivity index is 2.40. The van der Waals surface area contributed by atoms with Crippen LogP contribution in [0.4, 0.5) is 11.5 Å². The molecule has 2 rings (SSSR count). The van der Waals surface area contributed by atoms with Crippen LogP contribution in [0.3, 0.4) is 0 Å². The molecule has 2 aromatic rings. The monoisotopic (exact) mass is 276 g/mol. The van der Waals surface area contributed by atoms with Crippen molar-refractivity contribution in [2.45, 2.75) is 6.54 Å². The van der Waals surface area contributed by atoms with Crippen LogP contribution >= 0.6 is 0 Å². The van der Waals surface area contributed by atoms with E-state index in [2.05, 4.69) is 0 Å². The van der Waals surface area contributed by atoms with Crippen molar-refractivity contribution in [2.75, 3.05) is 5.73 Å². The molecule has 0 spiro atoms. The summed E-state index contributed by atoms with van der Waals surface area (Å²) in [5, 5.41) is 10.6. The lowest BCUT2D eigenvalue weighted by Crippen LogP contribution is -2.38. The van der Waals surface area contributed by atoms with Crippen LogP contribution in [0.25, 0.3) is 0 Å². The van der Waals surface area contributed by atoms with Crippen molar-refractivity contribution in [1.82, 2.24) is 9.13 Å². The number of nitrogen functional groups attached to an aromatic ring is 1. The molecule has 0 radical (unpaired) electrons. The van der Waals surface area contributed by atoms with Gasteiger partial charge in [-0.15, -0.1) is 0 Å². The van der Waals surface area contributed by atoms with Crippen LogP contribution in [0, 0.1) is 10.1 Å². The Hall–Kier alpha value is -2.90. The SMILES string of the molecule is Cn1c(=O)cc(N)n(Cc2ccc([N+](=O)[O-])cc2)c1=O. The molecule has 1 heterocycles. The maximum atomic E-state index is 11.9. The van der Waals surface area contributed by atoms with E-state index < -0.39 is 16.2 Å². The lowest BCUT2D eigenvalue weighted by molar-refractivity contribution is -0.384.